The third kappa shape index (κ3) is 15.4. The van der Waals surface area contributed by atoms with E-state index < -0.39 is 18.0 Å². The van der Waals surface area contributed by atoms with Crippen molar-refractivity contribution in [1.82, 2.24) is 10.2 Å². The number of carboxylic acids is 2. The third-order valence-electron chi connectivity index (χ3n) is 8.65. The summed E-state index contributed by atoms with van der Waals surface area (Å²) >= 11 is 0. The molecule has 0 bridgehead atoms. The summed E-state index contributed by atoms with van der Waals surface area (Å²) in [5, 5.41) is 21.1. The van der Waals surface area contributed by atoms with Gasteiger partial charge in [0.25, 0.3) is 0 Å². The Hall–Kier alpha value is -1.67. The summed E-state index contributed by atoms with van der Waals surface area (Å²) < 4.78 is 5.76. The summed E-state index contributed by atoms with van der Waals surface area (Å²) in [6, 6.07) is -0.539. The van der Waals surface area contributed by atoms with Gasteiger partial charge < -0.3 is 19.8 Å². The number of hydrogen-bond donors (Lipinski definition) is 3. The molecule has 3 atom stereocenters. The summed E-state index contributed by atoms with van der Waals surface area (Å²) in [6.45, 7) is 3.57. The first kappa shape index (κ1) is 34.5. The van der Waals surface area contributed by atoms with E-state index in [2.05, 4.69) is 5.32 Å². The number of hydrogen-bond acceptors (Lipinski definition) is 5. The van der Waals surface area contributed by atoms with Crippen molar-refractivity contribution in [2.75, 3.05) is 13.1 Å². The van der Waals surface area contributed by atoms with Crippen LogP contribution in [-0.4, -0.2) is 64.4 Å². The second kappa shape index (κ2) is 21.1. The van der Waals surface area contributed by atoms with Crippen molar-refractivity contribution in [3.8, 4) is 0 Å². The monoisotopic (exact) mass is 566 g/mol. The van der Waals surface area contributed by atoms with E-state index >= 15 is 0 Å². The summed E-state index contributed by atoms with van der Waals surface area (Å²) in [5.41, 5.74) is 0. The topological polar surface area (TPSA) is 119 Å². The van der Waals surface area contributed by atoms with Crippen molar-refractivity contribution in [1.29, 1.82) is 0 Å². The fraction of sp³-hybridized carbons (Fsp3) is 0.906. The molecule has 0 aliphatic carbocycles. The van der Waals surface area contributed by atoms with Gasteiger partial charge in [0.2, 0.25) is 5.91 Å². The predicted octanol–water partition coefficient (Wildman–Crippen LogP) is 6.90. The largest absolute Gasteiger partial charge is 0.481 e. The van der Waals surface area contributed by atoms with Crippen LogP contribution >= 0.6 is 0 Å². The van der Waals surface area contributed by atoms with Gasteiger partial charge in [0.15, 0.2) is 0 Å². The predicted molar refractivity (Wildman–Crippen MR) is 158 cm³/mol. The second-order valence-electron chi connectivity index (χ2n) is 12.1. The number of carbonyl (C=O) groups is 3. The molecule has 0 saturated carbocycles. The highest BCUT2D eigenvalue weighted by Crippen LogP contribution is 2.35. The molecular formula is C32H58N2O6. The van der Waals surface area contributed by atoms with Crippen molar-refractivity contribution >= 4 is 17.8 Å². The summed E-state index contributed by atoms with van der Waals surface area (Å²) in [4.78, 5) is 36.5. The Labute approximate surface area is 243 Å². The van der Waals surface area contributed by atoms with Crippen LogP contribution in [0, 0.1) is 5.92 Å². The van der Waals surface area contributed by atoms with Crippen LogP contribution in [0.2, 0.25) is 0 Å². The minimum absolute atomic E-state index is 0.0927. The van der Waals surface area contributed by atoms with Crippen LogP contribution in [0.1, 0.15) is 148 Å². The molecule has 2 fully saturated rings. The van der Waals surface area contributed by atoms with E-state index in [0.717, 1.165) is 58.0 Å². The number of carbonyl (C=O) groups excluding carboxylic acids is 1. The molecule has 232 valence electrons. The zero-order valence-electron chi connectivity index (χ0n) is 25.3. The van der Waals surface area contributed by atoms with E-state index in [4.69, 9.17) is 9.84 Å². The van der Waals surface area contributed by atoms with Crippen LogP contribution in [0.3, 0.4) is 0 Å². The lowest BCUT2D eigenvalue weighted by atomic mass is 9.92. The Bertz CT molecular complexity index is 710. The van der Waals surface area contributed by atoms with Crippen LogP contribution < -0.4 is 5.32 Å². The molecule has 3 N–H and O–H groups in total. The van der Waals surface area contributed by atoms with Gasteiger partial charge in [-0.15, -0.1) is 0 Å². The molecule has 40 heavy (non-hydrogen) atoms. The lowest BCUT2D eigenvalue weighted by molar-refractivity contribution is -0.140. The van der Waals surface area contributed by atoms with Gasteiger partial charge in [-0.3, -0.25) is 19.7 Å². The molecule has 0 aromatic carbocycles. The summed E-state index contributed by atoms with van der Waals surface area (Å²) in [6.07, 6.45) is 23.8. The standard InChI is InChI=1S/C32H58N2O6/c1-2-19-27(32(38)39)33-31-30(40-31)26-22-24-34(25-23-26)28(35)20-17-15-13-11-9-7-5-3-4-6-8-10-12-14-16-18-21-29(36)37/h26-27,30-31,33H,2-25H2,1H3,(H,36,37)(H,38,39). The minimum atomic E-state index is -0.810. The zero-order valence-corrected chi connectivity index (χ0v) is 25.3. The van der Waals surface area contributed by atoms with Crippen LogP contribution in [-0.2, 0) is 19.1 Å². The molecule has 2 rings (SSSR count). The lowest BCUT2D eigenvalue weighted by Crippen LogP contribution is -2.42. The molecular weight excluding hydrogens is 508 g/mol. The van der Waals surface area contributed by atoms with Gasteiger partial charge in [-0.1, -0.05) is 103 Å². The Morgan fingerprint density at radius 3 is 1.62 bits per heavy atom. The summed E-state index contributed by atoms with van der Waals surface area (Å²) in [7, 11) is 0. The van der Waals surface area contributed by atoms with Crippen LogP contribution in [0.4, 0.5) is 0 Å². The van der Waals surface area contributed by atoms with E-state index in [0.29, 0.717) is 25.2 Å². The number of likely N-dealkylation sites (tertiary alicyclic amines) is 1. The first-order chi connectivity index (χ1) is 19.4. The number of epoxide rings is 1. The number of amides is 1. The van der Waals surface area contributed by atoms with Crippen molar-refractivity contribution in [2.45, 2.75) is 167 Å². The second-order valence-corrected chi connectivity index (χ2v) is 12.1. The van der Waals surface area contributed by atoms with E-state index in [1.54, 1.807) is 0 Å². The number of nitrogens with one attached hydrogen (secondary N) is 1. The average molecular weight is 567 g/mol. The maximum atomic E-state index is 12.6. The highest BCUT2D eigenvalue weighted by atomic mass is 16.6. The first-order valence-electron chi connectivity index (χ1n) is 16.6. The molecule has 2 aliphatic heterocycles. The number of nitrogens with zero attached hydrogens (tertiary/aromatic N) is 1. The van der Waals surface area contributed by atoms with E-state index in [9.17, 15) is 19.5 Å². The Morgan fingerprint density at radius 1 is 0.750 bits per heavy atom. The number of ether oxygens (including phenoxy) is 1. The number of rotatable bonds is 25. The SMILES string of the molecule is CCCC(NC1OC1C1CCN(C(=O)CCCCCCCCCCCCCCCCCCC(=O)O)CC1)C(=O)O. The molecule has 8 heteroatoms. The molecule has 1 amide bonds. The number of piperidine rings is 1. The maximum absolute atomic E-state index is 12.6. The van der Waals surface area contributed by atoms with E-state index in [-0.39, 0.29) is 18.2 Å². The number of carboxylic acid groups (broad SMARTS) is 2. The molecule has 2 heterocycles. The third-order valence-corrected chi connectivity index (χ3v) is 8.65. The lowest BCUT2D eigenvalue weighted by Gasteiger charge is -2.31. The van der Waals surface area contributed by atoms with Gasteiger partial charge in [-0.25, -0.2) is 0 Å². The fourth-order valence-electron chi connectivity index (χ4n) is 6.04. The van der Waals surface area contributed by atoms with E-state index in [1.807, 2.05) is 11.8 Å². The summed E-state index contributed by atoms with van der Waals surface area (Å²) in [5.74, 6) is -0.789. The van der Waals surface area contributed by atoms with Gasteiger partial charge in [0.1, 0.15) is 18.4 Å². The first-order valence-corrected chi connectivity index (χ1v) is 16.6. The van der Waals surface area contributed by atoms with Crippen molar-refractivity contribution in [2.24, 2.45) is 5.92 Å². The average Bonchev–Trinajstić information content (AvgIpc) is 3.71. The maximum Gasteiger partial charge on any atom is 0.320 e. The molecule has 2 aliphatic rings. The molecule has 0 aromatic heterocycles. The quantitative estimate of drug-likeness (QED) is 0.0812. The molecule has 8 nitrogen and oxygen atoms in total. The zero-order chi connectivity index (χ0) is 29.0. The Balaban J connectivity index is 1.34. The molecule has 0 aromatic rings. The van der Waals surface area contributed by atoms with Crippen LogP contribution in [0.25, 0.3) is 0 Å². The molecule has 2 saturated heterocycles. The van der Waals surface area contributed by atoms with E-state index in [1.165, 1.54) is 77.0 Å². The van der Waals surface area contributed by atoms with Gasteiger partial charge in [0, 0.05) is 25.9 Å². The highest BCUT2D eigenvalue weighted by molar-refractivity contribution is 5.76. The smallest absolute Gasteiger partial charge is 0.320 e. The van der Waals surface area contributed by atoms with Crippen molar-refractivity contribution in [3.05, 3.63) is 0 Å². The Kier molecular flexibility index (Phi) is 18.2. The molecule has 0 spiro atoms. The highest BCUT2D eigenvalue weighted by Gasteiger charge is 2.47. The Morgan fingerprint density at radius 2 is 1.20 bits per heavy atom. The van der Waals surface area contributed by atoms with Crippen molar-refractivity contribution < 1.29 is 29.3 Å². The fourth-order valence-corrected chi connectivity index (χ4v) is 6.04. The van der Waals surface area contributed by atoms with Crippen molar-refractivity contribution in [3.63, 3.8) is 0 Å². The van der Waals surface area contributed by atoms with Gasteiger partial charge in [-0.05, 0) is 38.0 Å². The van der Waals surface area contributed by atoms with Gasteiger partial charge in [-0.2, -0.15) is 0 Å². The minimum Gasteiger partial charge on any atom is -0.481 e. The van der Waals surface area contributed by atoms with Crippen LogP contribution in [0.15, 0.2) is 0 Å². The van der Waals surface area contributed by atoms with Gasteiger partial charge in [0.05, 0.1) is 0 Å². The molecule has 0 radical (unpaired) electrons. The van der Waals surface area contributed by atoms with Crippen LogP contribution in [0.5, 0.6) is 0 Å². The molecule has 3 unspecified atom stereocenters. The number of unbranched alkanes of at least 4 members (excludes halogenated alkanes) is 15. The normalized spacial score (nSPS) is 20.0. The number of aliphatic carboxylic acids is 2. The van der Waals surface area contributed by atoms with Gasteiger partial charge >= 0.3 is 11.9 Å².